The van der Waals surface area contributed by atoms with E-state index >= 15 is 0 Å². The lowest BCUT2D eigenvalue weighted by Gasteiger charge is -2.15. The van der Waals surface area contributed by atoms with Crippen LogP contribution in [0.4, 0.5) is 11.4 Å². The summed E-state index contributed by atoms with van der Waals surface area (Å²) in [7, 11) is -3.71. The molecule has 0 saturated carbocycles. The molecule has 0 atom stereocenters. The van der Waals surface area contributed by atoms with Crippen molar-refractivity contribution in [3.63, 3.8) is 0 Å². The number of amides is 1. The standard InChI is InChI=1S/C18H24N4O3S/c1-4-5-9-21-12-18(13(2)19-21)26(24,25)20-16-6-7-17-15(11-16)8-10-22(17)14(3)23/h6-7,11-12,20H,4-5,8-10H2,1-3H3. The van der Waals surface area contributed by atoms with Crippen molar-refractivity contribution in [1.29, 1.82) is 0 Å². The number of aromatic nitrogens is 2. The normalized spacial score (nSPS) is 13.7. The lowest BCUT2D eigenvalue weighted by atomic mass is 10.1. The number of nitrogens with one attached hydrogen (secondary N) is 1. The van der Waals surface area contributed by atoms with Gasteiger partial charge in [0.15, 0.2) is 0 Å². The molecule has 0 spiro atoms. The van der Waals surface area contributed by atoms with E-state index in [1.165, 1.54) is 6.92 Å². The molecule has 7 nitrogen and oxygen atoms in total. The summed E-state index contributed by atoms with van der Waals surface area (Å²) in [6.07, 6.45) is 4.27. The number of aryl methyl sites for hydroxylation is 2. The van der Waals surface area contributed by atoms with E-state index in [1.807, 2.05) is 0 Å². The first-order valence-electron chi connectivity index (χ1n) is 8.79. The summed E-state index contributed by atoms with van der Waals surface area (Å²) < 4.78 is 29.8. The molecule has 1 aromatic heterocycles. The van der Waals surface area contributed by atoms with E-state index in [2.05, 4.69) is 16.7 Å². The molecule has 2 aromatic rings. The van der Waals surface area contributed by atoms with Crippen LogP contribution in [0.2, 0.25) is 0 Å². The van der Waals surface area contributed by atoms with Gasteiger partial charge in [0, 0.05) is 37.6 Å². The number of hydrogen-bond donors (Lipinski definition) is 1. The first-order valence-corrected chi connectivity index (χ1v) is 10.3. The largest absolute Gasteiger partial charge is 0.312 e. The highest BCUT2D eigenvalue weighted by molar-refractivity contribution is 7.92. The highest BCUT2D eigenvalue weighted by atomic mass is 32.2. The summed E-state index contributed by atoms with van der Waals surface area (Å²) >= 11 is 0. The molecule has 0 unspecified atom stereocenters. The number of sulfonamides is 1. The third-order valence-corrected chi connectivity index (χ3v) is 6.02. The van der Waals surface area contributed by atoms with Gasteiger partial charge in [0.05, 0.1) is 5.69 Å². The number of anilines is 2. The molecule has 140 valence electrons. The van der Waals surface area contributed by atoms with Gasteiger partial charge in [-0.15, -0.1) is 0 Å². The molecule has 0 saturated heterocycles. The van der Waals surface area contributed by atoms with Gasteiger partial charge in [-0.2, -0.15) is 5.10 Å². The van der Waals surface area contributed by atoms with Gasteiger partial charge < -0.3 is 4.90 Å². The predicted octanol–water partition coefficient (Wildman–Crippen LogP) is 2.70. The minimum absolute atomic E-state index is 0.00722. The average Bonchev–Trinajstić information content (AvgIpc) is 3.16. The van der Waals surface area contributed by atoms with Crippen molar-refractivity contribution < 1.29 is 13.2 Å². The SMILES string of the molecule is CCCCn1cc(S(=O)(=O)Nc2ccc3c(c2)CCN3C(C)=O)c(C)n1. The molecule has 26 heavy (non-hydrogen) atoms. The van der Waals surface area contributed by atoms with Gasteiger partial charge in [0.25, 0.3) is 10.0 Å². The zero-order valence-corrected chi connectivity index (χ0v) is 16.1. The van der Waals surface area contributed by atoms with Gasteiger partial charge in [-0.25, -0.2) is 8.42 Å². The summed E-state index contributed by atoms with van der Waals surface area (Å²) in [6, 6.07) is 5.28. The number of carbonyl (C=O) groups is 1. The van der Waals surface area contributed by atoms with Crippen molar-refractivity contribution in [2.75, 3.05) is 16.2 Å². The Morgan fingerprint density at radius 3 is 2.81 bits per heavy atom. The van der Waals surface area contributed by atoms with Crippen LogP contribution in [-0.2, 0) is 27.8 Å². The first-order chi connectivity index (χ1) is 12.3. The van der Waals surface area contributed by atoms with Gasteiger partial charge >= 0.3 is 0 Å². The van der Waals surface area contributed by atoms with Gasteiger partial charge in [-0.05, 0) is 43.5 Å². The molecule has 2 heterocycles. The first kappa shape index (κ1) is 18.4. The van der Waals surface area contributed by atoms with Crippen LogP contribution in [0, 0.1) is 6.92 Å². The van der Waals surface area contributed by atoms with Crippen molar-refractivity contribution >= 4 is 27.3 Å². The maximum absolute atomic E-state index is 12.8. The van der Waals surface area contributed by atoms with Gasteiger partial charge in [0.1, 0.15) is 4.90 Å². The highest BCUT2D eigenvalue weighted by Crippen LogP contribution is 2.31. The Balaban J connectivity index is 1.82. The number of carbonyl (C=O) groups excluding carboxylic acids is 1. The van der Waals surface area contributed by atoms with Crippen LogP contribution in [0.25, 0.3) is 0 Å². The average molecular weight is 376 g/mol. The molecule has 8 heteroatoms. The zero-order valence-electron chi connectivity index (χ0n) is 15.3. The Morgan fingerprint density at radius 1 is 1.35 bits per heavy atom. The maximum Gasteiger partial charge on any atom is 0.265 e. The highest BCUT2D eigenvalue weighted by Gasteiger charge is 2.24. The minimum Gasteiger partial charge on any atom is -0.312 e. The summed E-state index contributed by atoms with van der Waals surface area (Å²) in [5, 5.41) is 4.30. The fraction of sp³-hybridized carbons (Fsp3) is 0.444. The zero-order chi connectivity index (χ0) is 18.9. The molecular formula is C18H24N4O3S. The van der Waals surface area contributed by atoms with E-state index in [0.717, 1.165) is 30.5 Å². The lowest BCUT2D eigenvalue weighted by molar-refractivity contribution is -0.116. The Hall–Kier alpha value is -2.35. The maximum atomic E-state index is 12.8. The quantitative estimate of drug-likeness (QED) is 0.840. The molecule has 0 radical (unpaired) electrons. The third-order valence-electron chi connectivity index (χ3n) is 4.54. The van der Waals surface area contributed by atoms with E-state index in [9.17, 15) is 13.2 Å². The van der Waals surface area contributed by atoms with Crippen molar-refractivity contribution in [3.05, 3.63) is 35.7 Å². The molecule has 0 bridgehead atoms. The number of unbranched alkanes of at least 4 members (excludes halogenated alkanes) is 1. The second kappa shape index (κ2) is 7.11. The third kappa shape index (κ3) is 3.60. The minimum atomic E-state index is -3.71. The van der Waals surface area contributed by atoms with Crippen LogP contribution < -0.4 is 9.62 Å². The van der Waals surface area contributed by atoms with E-state index in [0.29, 0.717) is 24.5 Å². The van der Waals surface area contributed by atoms with Gasteiger partial charge in [-0.3, -0.25) is 14.2 Å². The molecule has 0 fully saturated rings. The van der Waals surface area contributed by atoms with E-state index in [4.69, 9.17) is 0 Å². The summed E-state index contributed by atoms with van der Waals surface area (Å²) in [4.78, 5) is 13.5. The Morgan fingerprint density at radius 2 is 2.12 bits per heavy atom. The smallest absolute Gasteiger partial charge is 0.265 e. The second-order valence-corrected chi connectivity index (χ2v) is 8.22. The number of hydrogen-bond acceptors (Lipinski definition) is 4. The Labute approximate surface area is 154 Å². The predicted molar refractivity (Wildman–Crippen MR) is 101 cm³/mol. The van der Waals surface area contributed by atoms with Crippen LogP contribution in [0.15, 0.2) is 29.3 Å². The van der Waals surface area contributed by atoms with Crippen molar-refractivity contribution in [2.45, 2.75) is 51.5 Å². The molecule has 1 aliphatic rings. The molecule has 3 rings (SSSR count). The van der Waals surface area contributed by atoms with Crippen LogP contribution in [0.5, 0.6) is 0 Å². The fourth-order valence-electron chi connectivity index (χ4n) is 3.20. The van der Waals surface area contributed by atoms with Crippen molar-refractivity contribution in [3.8, 4) is 0 Å². The topological polar surface area (TPSA) is 84.3 Å². The van der Waals surface area contributed by atoms with Crippen molar-refractivity contribution in [2.24, 2.45) is 0 Å². The van der Waals surface area contributed by atoms with Crippen LogP contribution >= 0.6 is 0 Å². The van der Waals surface area contributed by atoms with E-state index in [1.54, 1.807) is 40.9 Å². The summed E-state index contributed by atoms with van der Waals surface area (Å²) in [5.74, 6) is -0.00722. The van der Waals surface area contributed by atoms with Gasteiger partial charge in [0.2, 0.25) is 5.91 Å². The van der Waals surface area contributed by atoms with E-state index in [-0.39, 0.29) is 10.8 Å². The summed E-state index contributed by atoms with van der Waals surface area (Å²) in [6.45, 7) is 6.64. The van der Waals surface area contributed by atoms with Crippen molar-refractivity contribution in [1.82, 2.24) is 9.78 Å². The molecule has 1 aliphatic heterocycles. The molecular weight excluding hydrogens is 352 g/mol. The molecule has 1 N–H and O–H groups in total. The number of nitrogens with zero attached hydrogens (tertiary/aromatic N) is 3. The van der Waals surface area contributed by atoms with E-state index < -0.39 is 10.0 Å². The fourth-order valence-corrected chi connectivity index (χ4v) is 4.44. The van der Waals surface area contributed by atoms with Crippen LogP contribution in [-0.4, -0.2) is 30.7 Å². The Bertz CT molecular complexity index is 934. The summed E-state index contributed by atoms with van der Waals surface area (Å²) in [5.41, 5.74) is 2.80. The number of rotatable bonds is 6. The Kier molecular flexibility index (Phi) is 5.04. The van der Waals surface area contributed by atoms with Gasteiger partial charge in [-0.1, -0.05) is 13.3 Å². The van der Waals surface area contributed by atoms with Crippen LogP contribution in [0.1, 0.15) is 37.9 Å². The monoisotopic (exact) mass is 376 g/mol. The molecule has 0 aliphatic carbocycles. The van der Waals surface area contributed by atoms with Crippen LogP contribution in [0.3, 0.4) is 0 Å². The lowest BCUT2D eigenvalue weighted by Crippen LogP contribution is -2.25. The molecule has 1 amide bonds. The molecule has 1 aromatic carbocycles. The number of fused-ring (bicyclic) bond motifs is 1. The number of benzene rings is 1. The second-order valence-electron chi connectivity index (χ2n) is 6.57.